The number of para-hydroxylation sites is 1. The van der Waals surface area contributed by atoms with Crippen LogP contribution in [-0.4, -0.2) is 47.9 Å². The second-order valence-corrected chi connectivity index (χ2v) is 6.92. The molecule has 4 atom stereocenters. The average Bonchev–Trinajstić information content (AvgIpc) is 3.00. The van der Waals surface area contributed by atoms with Crippen LogP contribution < -0.4 is 4.74 Å². The molecule has 1 aliphatic rings. The minimum Gasteiger partial charge on any atom is -0.491 e. The second kappa shape index (κ2) is 12.0. The predicted molar refractivity (Wildman–Crippen MR) is 108 cm³/mol. The molecule has 0 bridgehead atoms. The highest BCUT2D eigenvalue weighted by molar-refractivity contribution is 5.84. The van der Waals surface area contributed by atoms with Crippen LogP contribution in [0.5, 0.6) is 5.75 Å². The van der Waals surface area contributed by atoms with E-state index >= 15 is 0 Å². The molecular formula is C23H28O6. The Balaban J connectivity index is 1.86. The number of rotatable bonds is 10. The summed E-state index contributed by atoms with van der Waals surface area (Å²) in [5.74, 6) is -0.336. The molecule has 1 aromatic rings. The molecule has 0 aliphatic heterocycles. The van der Waals surface area contributed by atoms with Crippen LogP contribution in [0.25, 0.3) is 0 Å². The fourth-order valence-corrected chi connectivity index (χ4v) is 3.19. The number of esters is 1. The molecule has 0 heterocycles. The van der Waals surface area contributed by atoms with E-state index in [0.29, 0.717) is 18.6 Å². The molecule has 2 N–H and O–H groups in total. The molecule has 2 rings (SSSR count). The quantitative estimate of drug-likeness (QED) is 0.356. The molecule has 1 aliphatic carbocycles. The fourth-order valence-electron chi connectivity index (χ4n) is 3.19. The summed E-state index contributed by atoms with van der Waals surface area (Å²) in [6, 6.07) is 9.18. The molecule has 29 heavy (non-hydrogen) atoms. The summed E-state index contributed by atoms with van der Waals surface area (Å²) in [6.07, 6.45) is 6.48. The Morgan fingerprint density at radius 2 is 2.07 bits per heavy atom. The van der Waals surface area contributed by atoms with Crippen LogP contribution in [-0.2, 0) is 14.3 Å². The smallest absolute Gasteiger partial charge is 0.305 e. The zero-order chi connectivity index (χ0) is 21.1. The van der Waals surface area contributed by atoms with E-state index in [1.807, 2.05) is 18.2 Å². The number of allylic oxidation sites excluding steroid dienone is 1. The van der Waals surface area contributed by atoms with Gasteiger partial charge in [0.15, 0.2) is 0 Å². The maximum atomic E-state index is 12.2. The van der Waals surface area contributed by atoms with Crippen molar-refractivity contribution < 1.29 is 29.3 Å². The maximum absolute atomic E-state index is 12.2. The highest BCUT2D eigenvalue weighted by Gasteiger charge is 2.39. The van der Waals surface area contributed by atoms with Gasteiger partial charge in [0.25, 0.3) is 0 Å². The number of hydrogen-bond acceptors (Lipinski definition) is 6. The Morgan fingerprint density at radius 1 is 1.31 bits per heavy atom. The highest BCUT2D eigenvalue weighted by atomic mass is 16.5. The van der Waals surface area contributed by atoms with Crippen LogP contribution in [0, 0.1) is 11.8 Å². The van der Waals surface area contributed by atoms with Gasteiger partial charge < -0.3 is 19.7 Å². The number of ketones is 1. The van der Waals surface area contributed by atoms with Crippen LogP contribution in [0.3, 0.4) is 0 Å². The van der Waals surface area contributed by atoms with Crippen molar-refractivity contribution in [3.8, 4) is 5.75 Å². The maximum Gasteiger partial charge on any atom is 0.305 e. The molecule has 0 saturated heterocycles. The van der Waals surface area contributed by atoms with E-state index < -0.39 is 12.2 Å². The summed E-state index contributed by atoms with van der Waals surface area (Å²) in [4.78, 5) is 23.2. The van der Waals surface area contributed by atoms with E-state index in [2.05, 4.69) is 10.5 Å². The Bertz CT molecular complexity index is 748. The van der Waals surface area contributed by atoms with Gasteiger partial charge in [0.05, 0.1) is 13.2 Å². The SMILES string of the molecule is COC(=O)CCC=C=CCC1C(=O)CC(O)C1/C=C\C(O)COc1ccccc1. The lowest BCUT2D eigenvalue weighted by molar-refractivity contribution is -0.140. The summed E-state index contributed by atoms with van der Waals surface area (Å²) < 4.78 is 10.1. The molecule has 1 aromatic carbocycles. The summed E-state index contributed by atoms with van der Waals surface area (Å²) in [7, 11) is 1.34. The van der Waals surface area contributed by atoms with Gasteiger partial charge in [-0.05, 0) is 37.1 Å². The highest BCUT2D eigenvalue weighted by Crippen LogP contribution is 2.33. The summed E-state index contributed by atoms with van der Waals surface area (Å²) in [5, 5.41) is 20.3. The minimum absolute atomic E-state index is 0.00483. The normalized spacial score (nSPS) is 22.2. The van der Waals surface area contributed by atoms with Crippen molar-refractivity contribution in [1.82, 2.24) is 0 Å². The van der Waals surface area contributed by atoms with E-state index in [-0.39, 0.29) is 43.0 Å². The Hall–Kier alpha value is -2.66. The molecule has 1 saturated carbocycles. The monoisotopic (exact) mass is 400 g/mol. The predicted octanol–water partition coefficient (Wildman–Crippen LogP) is 2.60. The first-order chi connectivity index (χ1) is 14.0. The first-order valence-electron chi connectivity index (χ1n) is 9.72. The van der Waals surface area contributed by atoms with Crippen LogP contribution in [0.1, 0.15) is 25.7 Å². The Labute approximate surface area is 171 Å². The number of benzene rings is 1. The van der Waals surface area contributed by atoms with Gasteiger partial charge in [0.1, 0.15) is 24.2 Å². The molecule has 0 aromatic heterocycles. The lowest BCUT2D eigenvalue weighted by Gasteiger charge is -2.16. The van der Waals surface area contributed by atoms with Crippen LogP contribution in [0.15, 0.2) is 60.4 Å². The van der Waals surface area contributed by atoms with Gasteiger partial charge in [0, 0.05) is 24.7 Å². The van der Waals surface area contributed by atoms with Crippen LogP contribution in [0.4, 0.5) is 0 Å². The van der Waals surface area contributed by atoms with Gasteiger partial charge >= 0.3 is 5.97 Å². The van der Waals surface area contributed by atoms with Crippen molar-refractivity contribution in [3.05, 3.63) is 60.4 Å². The van der Waals surface area contributed by atoms with Gasteiger partial charge in [0.2, 0.25) is 0 Å². The van der Waals surface area contributed by atoms with Gasteiger partial charge in [-0.1, -0.05) is 30.4 Å². The number of methoxy groups -OCH3 is 1. The number of hydrogen-bond donors (Lipinski definition) is 2. The third kappa shape index (κ3) is 7.70. The Morgan fingerprint density at radius 3 is 2.79 bits per heavy atom. The van der Waals surface area contributed by atoms with Gasteiger partial charge in [-0.2, -0.15) is 0 Å². The molecule has 6 heteroatoms. The third-order valence-corrected chi connectivity index (χ3v) is 4.78. The molecule has 0 radical (unpaired) electrons. The number of ether oxygens (including phenoxy) is 2. The van der Waals surface area contributed by atoms with E-state index in [1.54, 1.807) is 36.4 Å². The lowest BCUT2D eigenvalue weighted by Crippen LogP contribution is -2.20. The number of Topliss-reactive ketones (excluding diaryl/α,β-unsaturated/α-hetero) is 1. The lowest BCUT2D eigenvalue weighted by atomic mass is 9.90. The fraction of sp³-hybridized carbons (Fsp3) is 0.435. The molecular weight excluding hydrogens is 372 g/mol. The summed E-state index contributed by atoms with van der Waals surface area (Å²) in [5.41, 5.74) is 2.97. The molecule has 0 amide bonds. The number of carbonyl (C=O) groups is 2. The zero-order valence-corrected chi connectivity index (χ0v) is 16.6. The third-order valence-electron chi connectivity index (χ3n) is 4.78. The van der Waals surface area contributed by atoms with Crippen molar-refractivity contribution in [2.24, 2.45) is 11.8 Å². The number of aliphatic hydroxyl groups is 2. The van der Waals surface area contributed by atoms with Crippen molar-refractivity contribution in [2.75, 3.05) is 13.7 Å². The standard InChI is InChI=1S/C23H28O6/c1-28-23(27)12-8-3-2-7-11-19-20(22(26)15-21(19)25)14-13-17(24)16-29-18-9-5-4-6-10-18/h3-7,9-10,13-14,17,19-20,22,24,26H,8,11-12,15-16H2,1H3/b14-13-. The molecule has 0 spiro atoms. The molecule has 156 valence electrons. The average molecular weight is 400 g/mol. The molecule has 1 fully saturated rings. The van der Waals surface area contributed by atoms with E-state index in [9.17, 15) is 19.8 Å². The first-order valence-corrected chi connectivity index (χ1v) is 9.72. The molecule has 6 nitrogen and oxygen atoms in total. The Kier molecular flexibility index (Phi) is 9.38. The van der Waals surface area contributed by atoms with Gasteiger partial charge in [-0.15, -0.1) is 5.73 Å². The van der Waals surface area contributed by atoms with Crippen molar-refractivity contribution in [1.29, 1.82) is 0 Å². The van der Waals surface area contributed by atoms with Crippen LogP contribution >= 0.6 is 0 Å². The van der Waals surface area contributed by atoms with Gasteiger partial charge in [-0.25, -0.2) is 0 Å². The van der Waals surface area contributed by atoms with Gasteiger partial charge in [-0.3, -0.25) is 9.59 Å². The summed E-state index contributed by atoms with van der Waals surface area (Å²) >= 11 is 0. The van der Waals surface area contributed by atoms with Crippen molar-refractivity contribution >= 4 is 11.8 Å². The topological polar surface area (TPSA) is 93.1 Å². The number of aliphatic hydroxyl groups excluding tert-OH is 2. The van der Waals surface area contributed by atoms with E-state index in [4.69, 9.17) is 4.74 Å². The van der Waals surface area contributed by atoms with E-state index in [1.165, 1.54) is 7.11 Å². The second-order valence-electron chi connectivity index (χ2n) is 6.92. The van der Waals surface area contributed by atoms with Crippen molar-refractivity contribution in [3.63, 3.8) is 0 Å². The number of carbonyl (C=O) groups excluding carboxylic acids is 2. The largest absolute Gasteiger partial charge is 0.491 e. The first kappa shape index (κ1) is 22.6. The van der Waals surface area contributed by atoms with Crippen molar-refractivity contribution in [2.45, 2.75) is 37.9 Å². The van der Waals surface area contributed by atoms with Crippen LogP contribution in [0.2, 0.25) is 0 Å². The summed E-state index contributed by atoms with van der Waals surface area (Å²) in [6.45, 7) is 0.0881. The minimum atomic E-state index is -0.840. The molecule has 4 unspecified atom stereocenters. The van der Waals surface area contributed by atoms with E-state index in [0.717, 1.165) is 0 Å². The zero-order valence-electron chi connectivity index (χ0n) is 16.6.